The van der Waals surface area contributed by atoms with Crippen LogP contribution >= 0.6 is 11.8 Å². The molecule has 3 amide bonds. The number of urea groups is 1. The number of aryl methyl sites for hydroxylation is 2. The fourth-order valence-electron chi connectivity index (χ4n) is 2.79. The number of hydrogen-bond acceptors (Lipinski definition) is 4. The molecule has 0 saturated carbocycles. The van der Waals surface area contributed by atoms with Crippen molar-refractivity contribution >= 4 is 23.7 Å². The van der Waals surface area contributed by atoms with Gasteiger partial charge in [-0.25, -0.2) is 9.78 Å². The van der Waals surface area contributed by atoms with Crippen molar-refractivity contribution in [3.63, 3.8) is 0 Å². The van der Waals surface area contributed by atoms with Crippen LogP contribution in [-0.2, 0) is 4.79 Å². The van der Waals surface area contributed by atoms with Crippen LogP contribution in [0.4, 0.5) is 4.79 Å². The SMILES string of the molecule is CNC(=O)NC(=O)C(Sc1nccn1-c1cc(C)ccc1C)c1ccccc1. The molecule has 144 valence electrons. The summed E-state index contributed by atoms with van der Waals surface area (Å²) in [4.78, 5) is 28.9. The molecule has 1 atom stereocenters. The number of imidazole rings is 1. The first-order valence-electron chi connectivity index (χ1n) is 8.84. The van der Waals surface area contributed by atoms with Crippen LogP contribution in [-0.4, -0.2) is 28.5 Å². The van der Waals surface area contributed by atoms with E-state index in [2.05, 4.69) is 33.8 Å². The van der Waals surface area contributed by atoms with Crippen LogP contribution in [0, 0.1) is 13.8 Å². The number of amides is 3. The summed E-state index contributed by atoms with van der Waals surface area (Å²) in [7, 11) is 1.47. The number of nitrogens with one attached hydrogen (secondary N) is 2. The maximum Gasteiger partial charge on any atom is 0.321 e. The summed E-state index contributed by atoms with van der Waals surface area (Å²) in [5.74, 6) is -0.397. The molecule has 3 rings (SSSR count). The van der Waals surface area contributed by atoms with E-state index in [-0.39, 0.29) is 0 Å². The van der Waals surface area contributed by atoms with Crippen LogP contribution in [0.2, 0.25) is 0 Å². The van der Waals surface area contributed by atoms with E-state index in [0.717, 1.165) is 22.4 Å². The number of carbonyl (C=O) groups excluding carboxylic acids is 2. The standard InChI is InChI=1S/C21H22N4O2S/c1-14-9-10-15(2)17(13-14)25-12-11-23-21(25)28-18(16-7-5-4-6-8-16)19(26)24-20(27)22-3/h4-13,18H,1-3H3,(H2,22,24,26,27). The highest BCUT2D eigenvalue weighted by Gasteiger charge is 2.25. The van der Waals surface area contributed by atoms with Crippen LogP contribution in [0.3, 0.4) is 0 Å². The third-order valence-corrected chi connectivity index (χ3v) is 5.49. The van der Waals surface area contributed by atoms with Crippen LogP contribution in [0.25, 0.3) is 5.69 Å². The average molecular weight is 395 g/mol. The topological polar surface area (TPSA) is 76.0 Å². The van der Waals surface area contributed by atoms with Gasteiger partial charge in [0.2, 0.25) is 5.91 Å². The van der Waals surface area contributed by atoms with Gasteiger partial charge in [-0.2, -0.15) is 0 Å². The molecule has 0 fully saturated rings. The molecule has 0 bridgehead atoms. The molecule has 0 saturated heterocycles. The second kappa shape index (κ2) is 8.75. The summed E-state index contributed by atoms with van der Waals surface area (Å²) in [5.41, 5.74) is 4.06. The minimum atomic E-state index is -0.621. The van der Waals surface area contributed by atoms with E-state index in [0.29, 0.717) is 5.16 Å². The molecule has 0 radical (unpaired) electrons. The quantitative estimate of drug-likeness (QED) is 0.646. The Bertz CT molecular complexity index is 985. The minimum Gasteiger partial charge on any atom is -0.341 e. The summed E-state index contributed by atoms with van der Waals surface area (Å²) >= 11 is 1.30. The molecule has 1 aromatic heterocycles. The number of thioether (sulfide) groups is 1. The normalized spacial score (nSPS) is 11.7. The predicted octanol–water partition coefficient (Wildman–Crippen LogP) is 3.78. The Morgan fingerprint density at radius 1 is 1.11 bits per heavy atom. The van der Waals surface area contributed by atoms with Crippen LogP contribution < -0.4 is 10.6 Å². The van der Waals surface area contributed by atoms with Gasteiger partial charge in [0.05, 0.1) is 5.69 Å². The summed E-state index contributed by atoms with van der Waals surface area (Å²) in [6, 6.07) is 15.0. The molecule has 7 heteroatoms. The molecular weight excluding hydrogens is 372 g/mol. The summed E-state index contributed by atoms with van der Waals surface area (Å²) in [5, 5.41) is 4.84. The highest BCUT2D eigenvalue weighted by Crippen LogP contribution is 2.36. The molecule has 0 aliphatic carbocycles. The van der Waals surface area contributed by atoms with E-state index in [9.17, 15) is 9.59 Å². The number of nitrogens with zero attached hydrogens (tertiary/aromatic N) is 2. The van der Waals surface area contributed by atoms with Crippen molar-refractivity contribution in [3.8, 4) is 5.69 Å². The molecule has 1 unspecified atom stereocenters. The Morgan fingerprint density at radius 3 is 2.57 bits per heavy atom. The number of rotatable bonds is 5. The van der Waals surface area contributed by atoms with E-state index >= 15 is 0 Å². The number of hydrogen-bond donors (Lipinski definition) is 2. The van der Waals surface area contributed by atoms with Crippen molar-refractivity contribution in [2.75, 3.05) is 7.05 Å². The minimum absolute atomic E-state index is 0.397. The third kappa shape index (κ3) is 4.43. The van der Waals surface area contributed by atoms with Gasteiger partial charge in [-0.3, -0.25) is 14.7 Å². The van der Waals surface area contributed by atoms with E-state index in [1.54, 1.807) is 6.20 Å². The Kier molecular flexibility index (Phi) is 6.16. The van der Waals surface area contributed by atoms with Crippen molar-refractivity contribution in [2.45, 2.75) is 24.3 Å². The first kappa shape index (κ1) is 19.7. The number of imide groups is 1. The lowest BCUT2D eigenvalue weighted by atomic mass is 10.1. The van der Waals surface area contributed by atoms with Gasteiger partial charge in [0, 0.05) is 19.4 Å². The van der Waals surface area contributed by atoms with Crippen molar-refractivity contribution in [2.24, 2.45) is 0 Å². The largest absolute Gasteiger partial charge is 0.341 e. The maximum atomic E-state index is 12.8. The average Bonchev–Trinajstić information content (AvgIpc) is 3.16. The molecule has 0 aliphatic heterocycles. The second-order valence-corrected chi connectivity index (χ2v) is 7.42. The lowest BCUT2D eigenvalue weighted by Crippen LogP contribution is -2.39. The van der Waals surface area contributed by atoms with Gasteiger partial charge < -0.3 is 5.32 Å². The molecule has 2 N–H and O–H groups in total. The van der Waals surface area contributed by atoms with Crippen LogP contribution in [0.15, 0.2) is 66.1 Å². The number of benzene rings is 2. The molecular formula is C21H22N4O2S. The van der Waals surface area contributed by atoms with Crippen LogP contribution in [0.5, 0.6) is 0 Å². The van der Waals surface area contributed by atoms with Crippen molar-refractivity contribution in [1.82, 2.24) is 20.2 Å². The lowest BCUT2D eigenvalue weighted by molar-refractivity contribution is -0.119. The molecule has 1 heterocycles. The Balaban J connectivity index is 1.96. The third-order valence-electron chi connectivity index (χ3n) is 4.26. The lowest BCUT2D eigenvalue weighted by Gasteiger charge is -2.17. The van der Waals surface area contributed by atoms with E-state index in [1.807, 2.05) is 54.9 Å². The summed E-state index contributed by atoms with van der Waals surface area (Å²) in [6.07, 6.45) is 3.59. The molecule has 2 aromatic carbocycles. The summed E-state index contributed by atoms with van der Waals surface area (Å²) < 4.78 is 1.97. The summed E-state index contributed by atoms with van der Waals surface area (Å²) in [6.45, 7) is 4.08. The first-order chi connectivity index (χ1) is 13.5. The molecule has 0 spiro atoms. The van der Waals surface area contributed by atoms with E-state index in [4.69, 9.17) is 0 Å². The van der Waals surface area contributed by atoms with Gasteiger partial charge in [0.15, 0.2) is 5.16 Å². The highest BCUT2D eigenvalue weighted by atomic mass is 32.2. The fourth-order valence-corrected chi connectivity index (χ4v) is 3.85. The van der Waals surface area contributed by atoms with Gasteiger partial charge in [0.25, 0.3) is 0 Å². The monoisotopic (exact) mass is 394 g/mol. The number of carbonyl (C=O) groups is 2. The molecule has 6 nitrogen and oxygen atoms in total. The van der Waals surface area contributed by atoms with Gasteiger partial charge in [-0.05, 0) is 36.6 Å². The van der Waals surface area contributed by atoms with Crippen molar-refractivity contribution in [1.29, 1.82) is 0 Å². The molecule has 0 aliphatic rings. The van der Waals surface area contributed by atoms with E-state index in [1.165, 1.54) is 18.8 Å². The number of aromatic nitrogens is 2. The Labute approximate surface area is 168 Å². The van der Waals surface area contributed by atoms with Gasteiger partial charge >= 0.3 is 6.03 Å². The zero-order chi connectivity index (χ0) is 20.1. The molecule has 28 heavy (non-hydrogen) atoms. The zero-order valence-electron chi connectivity index (χ0n) is 16.0. The second-order valence-electron chi connectivity index (χ2n) is 6.35. The Hall–Kier alpha value is -3.06. The van der Waals surface area contributed by atoms with Gasteiger partial charge in [-0.1, -0.05) is 54.2 Å². The van der Waals surface area contributed by atoms with Crippen LogP contribution in [0.1, 0.15) is 21.9 Å². The van der Waals surface area contributed by atoms with Gasteiger partial charge in [0.1, 0.15) is 5.25 Å². The van der Waals surface area contributed by atoms with Crippen molar-refractivity contribution < 1.29 is 9.59 Å². The zero-order valence-corrected chi connectivity index (χ0v) is 16.8. The Morgan fingerprint density at radius 2 is 1.86 bits per heavy atom. The predicted molar refractivity (Wildman–Crippen MR) is 111 cm³/mol. The highest BCUT2D eigenvalue weighted by molar-refractivity contribution is 8.00. The maximum absolute atomic E-state index is 12.8. The van der Waals surface area contributed by atoms with E-state index < -0.39 is 17.2 Å². The smallest absolute Gasteiger partial charge is 0.321 e. The fraction of sp³-hybridized carbons (Fsp3) is 0.190. The van der Waals surface area contributed by atoms with Gasteiger partial charge in [-0.15, -0.1) is 0 Å². The first-order valence-corrected chi connectivity index (χ1v) is 9.72. The van der Waals surface area contributed by atoms with Crippen molar-refractivity contribution in [3.05, 3.63) is 77.6 Å². The molecule has 3 aromatic rings.